The number of nitrogens with one attached hydrogen (secondary N) is 3. The lowest BCUT2D eigenvalue weighted by atomic mass is 9.93. The Balaban J connectivity index is 1.45. The Morgan fingerprint density at radius 1 is 1.27 bits per heavy atom. The van der Waals surface area contributed by atoms with Crippen LogP contribution in [0.1, 0.15) is 60.9 Å². The first-order valence-corrected chi connectivity index (χ1v) is 8.49. The van der Waals surface area contributed by atoms with Crippen LogP contribution < -0.4 is 16.0 Å². The van der Waals surface area contributed by atoms with Gasteiger partial charge in [0, 0.05) is 12.0 Å². The van der Waals surface area contributed by atoms with Crippen LogP contribution in [0.3, 0.4) is 0 Å². The summed E-state index contributed by atoms with van der Waals surface area (Å²) >= 11 is 0. The van der Waals surface area contributed by atoms with Crippen LogP contribution >= 0.6 is 0 Å². The Kier molecular flexibility index (Phi) is 3.66. The van der Waals surface area contributed by atoms with Gasteiger partial charge in [0.05, 0.1) is 11.7 Å². The molecule has 3 heterocycles. The van der Waals surface area contributed by atoms with Crippen LogP contribution in [0.15, 0.2) is 10.6 Å². The van der Waals surface area contributed by atoms with Gasteiger partial charge in [0.15, 0.2) is 5.89 Å². The quantitative estimate of drug-likeness (QED) is 0.781. The maximum absolute atomic E-state index is 12.5. The summed E-state index contributed by atoms with van der Waals surface area (Å²) < 4.78 is 5.77. The number of amides is 1. The van der Waals surface area contributed by atoms with Crippen molar-refractivity contribution in [3.05, 3.63) is 17.8 Å². The molecule has 0 spiro atoms. The third-order valence-electron chi connectivity index (χ3n) is 5.54. The molecule has 0 radical (unpaired) electrons. The maximum atomic E-state index is 12.5. The Hall–Kier alpha value is -1.40. The molecule has 6 nitrogen and oxygen atoms in total. The summed E-state index contributed by atoms with van der Waals surface area (Å²) in [6.45, 7) is 2.97. The van der Waals surface area contributed by atoms with Gasteiger partial charge in [-0.25, -0.2) is 4.98 Å². The SMILES string of the molecule is O=C(NC12CCCC1NCC2)c1cnc(C2CCNCC2)o1. The van der Waals surface area contributed by atoms with E-state index in [4.69, 9.17) is 4.42 Å². The molecule has 22 heavy (non-hydrogen) atoms. The minimum absolute atomic E-state index is 0.0706. The second-order valence-corrected chi connectivity index (χ2v) is 6.85. The molecule has 3 fully saturated rings. The Morgan fingerprint density at radius 3 is 3.00 bits per heavy atom. The largest absolute Gasteiger partial charge is 0.435 e. The molecule has 2 unspecified atom stereocenters. The smallest absolute Gasteiger partial charge is 0.289 e. The van der Waals surface area contributed by atoms with Crippen molar-refractivity contribution in [3.63, 3.8) is 0 Å². The number of piperidine rings is 1. The molecule has 2 saturated heterocycles. The van der Waals surface area contributed by atoms with E-state index in [2.05, 4.69) is 20.9 Å². The van der Waals surface area contributed by atoms with Crippen molar-refractivity contribution in [1.29, 1.82) is 0 Å². The zero-order valence-electron chi connectivity index (χ0n) is 12.9. The zero-order chi connectivity index (χ0) is 15.0. The molecule has 1 amide bonds. The van der Waals surface area contributed by atoms with Crippen molar-refractivity contribution < 1.29 is 9.21 Å². The number of hydrogen-bond acceptors (Lipinski definition) is 5. The molecule has 1 saturated carbocycles. The van der Waals surface area contributed by atoms with Crippen LogP contribution in [0, 0.1) is 0 Å². The van der Waals surface area contributed by atoms with E-state index in [-0.39, 0.29) is 11.4 Å². The van der Waals surface area contributed by atoms with E-state index >= 15 is 0 Å². The summed E-state index contributed by atoms with van der Waals surface area (Å²) in [4.78, 5) is 16.9. The Morgan fingerprint density at radius 2 is 2.14 bits per heavy atom. The van der Waals surface area contributed by atoms with E-state index in [1.807, 2.05) is 0 Å². The fourth-order valence-corrected chi connectivity index (χ4v) is 4.29. The fourth-order valence-electron chi connectivity index (χ4n) is 4.29. The summed E-state index contributed by atoms with van der Waals surface area (Å²) in [5.74, 6) is 1.31. The van der Waals surface area contributed by atoms with Gasteiger partial charge in [-0.05, 0) is 58.2 Å². The molecule has 1 aromatic rings. The lowest BCUT2D eigenvalue weighted by molar-refractivity contribution is 0.0866. The normalized spacial score (nSPS) is 32.1. The third-order valence-corrected chi connectivity index (χ3v) is 5.54. The maximum Gasteiger partial charge on any atom is 0.289 e. The number of oxazole rings is 1. The van der Waals surface area contributed by atoms with Crippen LogP contribution in [0.5, 0.6) is 0 Å². The molecule has 0 aromatic carbocycles. The molecule has 3 N–H and O–H groups in total. The topological polar surface area (TPSA) is 79.2 Å². The van der Waals surface area contributed by atoms with Crippen LogP contribution in [0.4, 0.5) is 0 Å². The number of hydrogen-bond donors (Lipinski definition) is 3. The molecule has 2 atom stereocenters. The van der Waals surface area contributed by atoms with Crippen LogP contribution in [0.25, 0.3) is 0 Å². The summed E-state index contributed by atoms with van der Waals surface area (Å²) in [7, 11) is 0. The number of carbonyl (C=O) groups is 1. The van der Waals surface area contributed by atoms with Crippen LogP contribution in [-0.2, 0) is 0 Å². The van der Waals surface area contributed by atoms with Gasteiger partial charge in [-0.15, -0.1) is 0 Å². The van der Waals surface area contributed by atoms with Gasteiger partial charge in [-0.1, -0.05) is 0 Å². The highest BCUT2D eigenvalue weighted by Gasteiger charge is 2.47. The molecule has 1 aliphatic carbocycles. The minimum atomic E-state index is -0.108. The van der Waals surface area contributed by atoms with E-state index in [9.17, 15) is 4.79 Å². The molecular formula is C16H24N4O2. The second-order valence-electron chi connectivity index (χ2n) is 6.85. The number of carbonyl (C=O) groups excluding carboxylic acids is 1. The lowest BCUT2D eigenvalue weighted by Crippen LogP contribution is -2.52. The second kappa shape index (κ2) is 5.66. The first-order valence-electron chi connectivity index (χ1n) is 8.49. The summed E-state index contributed by atoms with van der Waals surface area (Å²) in [6, 6.07) is 0.420. The first kappa shape index (κ1) is 14.2. The third kappa shape index (κ3) is 2.44. The van der Waals surface area contributed by atoms with Gasteiger partial charge in [-0.3, -0.25) is 4.79 Å². The first-order chi connectivity index (χ1) is 10.8. The molecule has 6 heteroatoms. The minimum Gasteiger partial charge on any atom is -0.435 e. The Labute approximate surface area is 130 Å². The van der Waals surface area contributed by atoms with Gasteiger partial charge in [0.2, 0.25) is 5.76 Å². The molecular weight excluding hydrogens is 280 g/mol. The van der Waals surface area contributed by atoms with Gasteiger partial charge in [-0.2, -0.15) is 0 Å². The van der Waals surface area contributed by atoms with Gasteiger partial charge < -0.3 is 20.4 Å². The summed E-state index contributed by atoms with van der Waals surface area (Å²) in [5.41, 5.74) is -0.0706. The summed E-state index contributed by atoms with van der Waals surface area (Å²) in [6.07, 6.45) is 8.04. The zero-order valence-corrected chi connectivity index (χ0v) is 12.9. The van der Waals surface area contributed by atoms with Crippen LogP contribution in [0.2, 0.25) is 0 Å². The van der Waals surface area contributed by atoms with Crippen molar-refractivity contribution >= 4 is 5.91 Å². The van der Waals surface area contributed by atoms with Crippen molar-refractivity contribution in [2.75, 3.05) is 19.6 Å². The van der Waals surface area contributed by atoms with E-state index in [1.165, 1.54) is 6.42 Å². The monoisotopic (exact) mass is 304 g/mol. The number of fused-ring (bicyclic) bond motifs is 1. The Bertz CT molecular complexity index is 540. The number of nitrogens with zero attached hydrogens (tertiary/aromatic N) is 1. The van der Waals surface area contributed by atoms with E-state index in [1.54, 1.807) is 6.20 Å². The van der Waals surface area contributed by atoms with Crippen molar-refractivity contribution in [1.82, 2.24) is 20.9 Å². The number of aromatic nitrogens is 1. The van der Waals surface area contributed by atoms with E-state index < -0.39 is 0 Å². The van der Waals surface area contributed by atoms with E-state index in [0.29, 0.717) is 17.7 Å². The van der Waals surface area contributed by atoms with Gasteiger partial charge >= 0.3 is 0 Å². The number of rotatable bonds is 3. The highest BCUT2D eigenvalue weighted by atomic mass is 16.4. The standard InChI is InChI=1S/C16H24N4O2/c21-14(20-16-5-1-2-13(16)18-9-6-16)12-10-19-15(22-12)11-3-7-17-8-4-11/h10-11,13,17-18H,1-9H2,(H,20,21). The van der Waals surface area contributed by atoms with Crippen LogP contribution in [-0.4, -0.2) is 42.1 Å². The molecule has 4 rings (SSSR count). The highest BCUT2D eigenvalue weighted by Crippen LogP contribution is 2.36. The van der Waals surface area contributed by atoms with Crippen molar-refractivity contribution in [2.45, 2.75) is 56.0 Å². The van der Waals surface area contributed by atoms with E-state index in [0.717, 1.165) is 57.6 Å². The summed E-state index contributed by atoms with van der Waals surface area (Å²) in [5, 5.41) is 10.1. The molecule has 1 aromatic heterocycles. The molecule has 2 aliphatic heterocycles. The van der Waals surface area contributed by atoms with Crippen molar-refractivity contribution in [2.24, 2.45) is 0 Å². The van der Waals surface area contributed by atoms with Gasteiger partial charge in [0.1, 0.15) is 0 Å². The van der Waals surface area contributed by atoms with Crippen molar-refractivity contribution in [3.8, 4) is 0 Å². The fraction of sp³-hybridized carbons (Fsp3) is 0.750. The molecule has 120 valence electrons. The predicted octanol–water partition coefficient (Wildman–Crippen LogP) is 1.16. The van der Waals surface area contributed by atoms with Gasteiger partial charge in [0.25, 0.3) is 5.91 Å². The molecule has 0 bridgehead atoms. The highest BCUT2D eigenvalue weighted by molar-refractivity contribution is 5.91. The predicted molar refractivity (Wildman–Crippen MR) is 81.8 cm³/mol. The average molecular weight is 304 g/mol. The molecule has 3 aliphatic rings. The lowest BCUT2D eigenvalue weighted by Gasteiger charge is -2.29. The average Bonchev–Trinajstić information content (AvgIpc) is 3.22.